The van der Waals surface area contributed by atoms with Gasteiger partial charge in [0.05, 0.1) is 12.9 Å². The number of rotatable bonds is 6. The monoisotopic (exact) mass is 230 g/mol. The second kappa shape index (κ2) is 4.92. The van der Waals surface area contributed by atoms with E-state index in [1.165, 1.54) is 0 Å². The summed E-state index contributed by atoms with van der Waals surface area (Å²) in [6.45, 7) is 0.0500. The zero-order valence-electron chi connectivity index (χ0n) is 7.69. The minimum Gasteiger partial charge on any atom is -0.270 e. The van der Waals surface area contributed by atoms with E-state index in [2.05, 4.69) is 4.18 Å². The standard InChI is InChI=1S/C6H14O5S2/c1-12(7,8)6-4-3-5-11-13(2,9)10/h3-6H2,1-2H3. The second-order valence-electron chi connectivity index (χ2n) is 2.86. The highest BCUT2D eigenvalue weighted by Gasteiger charge is 2.03. The number of hydrogen-bond donors (Lipinski definition) is 0. The summed E-state index contributed by atoms with van der Waals surface area (Å²) in [5.74, 6) is 0.0696. The van der Waals surface area contributed by atoms with E-state index in [1.807, 2.05) is 0 Å². The zero-order valence-corrected chi connectivity index (χ0v) is 9.32. The SMILES string of the molecule is CS(=O)(=O)CCCCOS(C)(=O)=O. The van der Waals surface area contributed by atoms with Crippen LogP contribution in [0, 0.1) is 0 Å². The predicted octanol–water partition coefficient (Wildman–Crippen LogP) is -0.213. The summed E-state index contributed by atoms with van der Waals surface area (Å²) in [5.41, 5.74) is 0. The van der Waals surface area contributed by atoms with Crippen molar-refractivity contribution in [2.45, 2.75) is 12.8 Å². The van der Waals surface area contributed by atoms with E-state index in [0.29, 0.717) is 12.8 Å². The van der Waals surface area contributed by atoms with Crippen molar-refractivity contribution in [2.75, 3.05) is 24.9 Å². The molecule has 80 valence electrons. The predicted molar refractivity (Wildman–Crippen MR) is 49.7 cm³/mol. The topological polar surface area (TPSA) is 77.5 Å². The molecular formula is C6H14O5S2. The molecule has 0 N–H and O–H groups in total. The molecule has 0 heterocycles. The van der Waals surface area contributed by atoms with Crippen molar-refractivity contribution in [1.29, 1.82) is 0 Å². The van der Waals surface area contributed by atoms with Crippen LogP contribution in [0.2, 0.25) is 0 Å². The van der Waals surface area contributed by atoms with Gasteiger partial charge in [-0.2, -0.15) is 8.42 Å². The quantitative estimate of drug-likeness (QED) is 0.466. The van der Waals surface area contributed by atoms with E-state index in [9.17, 15) is 16.8 Å². The second-order valence-corrected chi connectivity index (χ2v) is 6.77. The Morgan fingerprint density at radius 2 is 1.54 bits per heavy atom. The molecule has 7 heteroatoms. The molecule has 0 radical (unpaired) electrons. The lowest BCUT2D eigenvalue weighted by Gasteiger charge is -2.00. The van der Waals surface area contributed by atoms with Crippen LogP contribution < -0.4 is 0 Å². The molecule has 0 fully saturated rings. The fourth-order valence-electron chi connectivity index (χ4n) is 0.677. The highest BCUT2D eigenvalue weighted by Crippen LogP contribution is 1.97. The fourth-order valence-corrected chi connectivity index (χ4v) is 1.83. The van der Waals surface area contributed by atoms with Crippen molar-refractivity contribution in [2.24, 2.45) is 0 Å². The summed E-state index contributed by atoms with van der Waals surface area (Å²) in [7, 11) is -6.33. The Morgan fingerprint density at radius 3 is 1.92 bits per heavy atom. The highest BCUT2D eigenvalue weighted by atomic mass is 32.2. The van der Waals surface area contributed by atoms with Crippen molar-refractivity contribution >= 4 is 20.0 Å². The molecule has 5 nitrogen and oxygen atoms in total. The minimum atomic E-state index is -3.39. The van der Waals surface area contributed by atoms with Crippen LogP contribution >= 0.6 is 0 Å². The molecule has 13 heavy (non-hydrogen) atoms. The van der Waals surface area contributed by atoms with Gasteiger partial charge in [0.1, 0.15) is 9.84 Å². The first-order valence-electron chi connectivity index (χ1n) is 3.73. The van der Waals surface area contributed by atoms with Gasteiger partial charge in [-0.15, -0.1) is 0 Å². The maximum absolute atomic E-state index is 10.6. The van der Waals surface area contributed by atoms with Crippen LogP contribution in [-0.2, 0) is 24.1 Å². The number of hydrogen-bond acceptors (Lipinski definition) is 5. The van der Waals surface area contributed by atoms with Crippen molar-refractivity contribution < 1.29 is 21.0 Å². The molecule has 0 bridgehead atoms. The summed E-state index contributed by atoms with van der Waals surface area (Å²) in [6, 6.07) is 0. The Bertz CT molecular complexity index is 292. The summed E-state index contributed by atoms with van der Waals surface area (Å²) in [5, 5.41) is 0. The highest BCUT2D eigenvalue weighted by molar-refractivity contribution is 7.90. The van der Waals surface area contributed by atoms with Crippen molar-refractivity contribution in [1.82, 2.24) is 0 Å². The molecule has 0 saturated carbocycles. The Balaban J connectivity index is 3.50. The Morgan fingerprint density at radius 1 is 1.00 bits per heavy atom. The Kier molecular flexibility index (Phi) is 4.87. The largest absolute Gasteiger partial charge is 0.270 e. The Hall–Kier alpha value is -0.140. The molecular weight excluding hydrogens is 216 g/mol. The van der Waals surface area contributed by atoms with Crippen LogP contribution in [0.5, 0.6) is 0 Å². The van der Waals surface area contributed by atoms with E-state index in [4.69, 9.17) is 0 Å². The molecule has 0 aliphatic heterocycles. The van der Waals surface area contributed by atoms with Gasteiger partial charge in [0.25, 0.3) is 10.1 Å². The summed E-state index contributed by atoms with van der Waals surface area (Å²) >= 11 is 0. The summed E-state index contributed by atoms with van der Waals surface area (Å²) < 4.78 is 46.6. The molecule has 0 aromatic heterocycles. The van der Waals surface area contributed by atoms with E-state index < -0.39 is 20.0 Å². The molecule has 0 saturated heterocycles. The van der Waals surface area contributed by atoms with Gasteiger partial charge in [0.15, 0.2) is 0 Å². The smallest absolute Gasteiger partial charge is 0.264 e. The third-order valence-electron chi connectivity index (χ3n) is 1.21. The first-order valence-corrected chi connectivity index (χ1v) is 7.60. The van der Waals surface area contributed by atoms with Gasteiger partial charge < -0.3 is 0 Å². The van der Waals surface area contributed by atoms with Gasteiger partial charge in [0, 0.05) is 12.0 Å². The van der Waals surface area contributed by atoms with Gasteiger partial charge >= 0.3 is 0 Å². The molecule has 0 rings (SSSR count). The van der Waals surface area contributed by atoms with E-state index in [0.717, 1.165) is 12.5 Å². The zero-order chi connectivity index (χ0) is 10.5. The fraction of sp³-hybridized carbons (Fsp3) is 1.00. The van der Waals surface area contributed by atoms with Gasteiger partial charge in [-0.1, -0.05) is 0 Å². The van der Waals surface area contributed by atoms with Crippen molar-refractivity contribution in [3.8, 4) is 0 Å². The van der Waals surface area contributed by atoms with Crippen LogP contribution in [0.4, 0.5) is 0 Å². The molecule has 0 unspecified atom stereocenters. The minimum absolute atomic E-state index is 0.0500. The molecule has 0 aliphatic carbocycles. The van der Waals surface area contributed by atoms with Crippen LogP contribution in [0.15, 0.2) is 0 Å². The molecule has 0 amide bonds. The van der Waals surface area contributed by atoms with Crippen molar-refractivity contribution in [3.63, 3.8) is 0 Å². The first-order chi connectivity index (χ1) is 5.71. The maximum Gasteiger partial charge on any atom is 0.264 e. The average Bonchev–Trinajstić information content (AvgIpc) is 1.81. The molecule has 0 spiro atoms. The lowest BCUT2D eigenvalue weighted by molar-refractivity contribution is 0.314. The van der Waals surface area contributed by atoms with E-state index in [1.54, 1.807) is 0 Å². The molecule has 0 aromatic rings. The third-order valence-corrected chi connectivity index (χ3v) is 2.83. The van der Waals surface area contributed by atoms with E-state index >= 15 is 0 Å². The van der Waals surface area contributed by atoms with Crippen LogP contribution in [0.1, 0.15) is 12.8 Å². The summed E-state index contributed by atoms with van der Waals surface area (Å²) in [4.78, 5) is 0. The van der Waals surface area contributed by atoms with Crippen LogP contribution in [0.3, 0.4) is 0 Å². The first kappa shape index (κ1) is 12.9. The van der Waals surface area contributed by atoms with Crippen LogP contribution in [-0.4, -0.2) is 41.7 Å². The summed E-state index contributed by atoms with van der Waals surface area (Å²) in [6.07, 6.45) is 2.96. The average molecular weight is 230 g/mol. The molecule has 0 aromatic carbocycles. The number of unbranched alkanes of at least 4 members (excludes halogenated alkanes) is 1. The van der Waals surface area contributed by atoms with Gasteiger partial charge in [-0.3, -0.25) is 4.18 Å². The maximum atomic E-state index is 10.6. The van der Waals surface area contributed by atoms with Crippen molar-refractivity contribution in [3.05, 3.63) is 0 Å². The van der Waals surface area contributed by atoms with E-state index in [-0.39, 0.29) is 12.4 Å². The Labute approximate surface area is 79.1 Å². The normalized spacial score (nSPS) is 13.1. The van der Waals surface area contributed by atoms with Crippen LogP contribution in [0.25, 0.3) is 0 Å². The van der Waals surface area contributed by atoms with Gasteiger partial charge in [0.2, 0.25) is 0 Å². The lowest BCUT2D eigenvalue weighted by atomic mass is 10.4. The third kappa shape index (κ3) is 11.9. The molecule has 0 atom stereocenters. The number of sulfone groups is 1. The molecule has 0 aliphatic rings. The van der Waals surface area contributed by atoms with Gasteiger partial charge in [-0.05, 0) is 12.8 Å². The van der Waals surface area contributed by atoms with Gasteiger partial charge in [-0.25, -0.2) is 8.42 Å². The lowest BCUT2D eigenvalue weighted by Crippen LogP contribution is -2.07.